The Labute approximate surface area is 196 Å². The normalized spacial score (nSPS) is 12.6. The van der Waals surface area contributed by atoms with Gasteiger partial charge >= 0.3 is 0 Å². The van der Waals surface area contributed by atoms with E-state index in [1.165, 1.54) is 50.0 Å². The first-order valence-corrected chi connectivity index (χ1v) is 10.8. The summed E-state index contributed by atoms with van der Waals surface area (Å²) in [5, 5.41) is 3.59. The topological polar surface area (TPSA) is 119 Å². The Balaban J connectivity index is 2.13. The summed E-state index contributed by atoms with van der Waals surface area (Å²) in [6.45, 7) is 3.88. The van der Waals surface area contributed by atoms with Crippen LogP contribution in [0.25, 0.3) is 11.3 Å². The maximum Gasteiger partial charge on any atom is 0.250 e. The number of hydrogen-bond acceptors (Lipinski definition) is 7. The molecular formula is C24H28F2N6O2. The Bertz CT molecular complexity index is 1160. The zero-order chi connectivity index (χ0) is 24.8. The molecule has 2 aromatic heterocycles. The second kappa shape index (κ2) is 10.9. The van der Waals surface area contributed by atoms with Crippen molar-refractivity contribution in [3.63, 3.8) is 0 Å². The average molecular weight is 471 g/mol. The SMILES string of the molecule is CCC[C@@H](Nc1cnc(-c2cccc(OC)c2F)cc1N(F)c1cncc(C(N)=O)c1)[C@H](C)N. The van der Waals surface area contributed by atoms with Crippen LogP contribution in [-0.4, -0.2) is 35.1 Å². The van der Waals surface area contributed by atoms with Gasteiger partial charge in [-0.3, -0.25) is 14.8 Å². The lowest BCUT2D eigenvalue weighted by molar-refractivity contribution is 0.1000. The second-order valence-corrected chi connectivity index (χ2v) is 7.88. The van der Waals surface area contributed by atoms with Gasteiger partial charge in [0.15, 0.2) is 11.6 Å². The number of benzene rings is 1. The number of amides is 1. The van der Waals surface area contributed by atoms with E-state index >= 15 is 4.48 Å². The first-order valence-electron chi connectivity index (χ1n) is 10.8. The molecule has 0 fully saturated rings. The zero-order valence-corrected chi connectivity index (χ0v) is 19.3. The lowest BCUT2D eigenvalue weighted by Gasteiger charge is -2.26. The number of aromatic nitrogens is 2. The Morgan fingerprint density at radius 1 is 1.26 bits per heavy atom. The Hall–Kier alpha value is -3.79. The molecule has 0 unspecified atom stereocenters. The number of nitrogens with two attached hydrogens (primary N) is 2. The monoisotopic (exact) mass is 470 g/mol. The molecule has 0 bridgehead atoms. The summed E-state index contributed by atoms with van der Waals surface area (Å²) in [4.78, 5) is 19.8. The molecule has 2 atom stereocenters. The molecule has 0 saturated carbocycles. The van der Waals surface area contributed by atoms with Gasteiger partial charge in [-0.25, -0.2) is 4.39 Å². The van der Waals surface area contributed by atoms with Crippen molar-refractivity contribution >= 4 is 23.0 Å². The third kappa shape index (κ3) is 5.40. The van der Waals surface area contributed by atoms with Gasteiger partial charge in [-0.15, -0.1) is 0 Å². The van der Waals surface area contributed by atoms with Crippen LogP contribution in [0.1, 0.15) is 37.0 Å². The fraction of sp³-hybridized carbons (Fsp3) is 0.292. The highest BCUT2D eigenvalue weighted by atomic mass is 19.2. The van der Waals surface area contributed by atoms with Crippen LogP contribution in [0.2, 0.25) is 0 Å². The molecule has 0 spiro atoms. The van der Waals surface area contributed by atoms with Gasteiger partial charge in [-0.2, -0.15) is 5.12 Å². The number of nitrogens with zero attached hydrogens (tertiary/aromatic N) is 3. The summed E-state index contributed by atoms with van der Waals surface area (Å²) in [6, 6.07) is 6.92. The number of carbonyl (C=O) groups excluding carboxylic acids is 1. The van der Waals surface area contributed by atoms with Gasteiger partial charge in [-0.05, 0) is 37.6 Å². The highest BCUT2D eigenvalue weighted by Gasteiger charge is 2.22. The molecule has 3 aromatic rings. The number of primary amides is 1. The maximum absolute atomic E-state index is 15.8. The van der Waals surface area contributed by atoms with E-state index in [1.54, 1.807) is 6.07 Å². The predicted octanol–water partition coefficient (Wildman–Crippen LogP) is 4.34. The van der Waals surface area contributed by atoms with Crippen LogP contribution in [0, 0.1) is 5.82 Å². The summed E-state index contributed by atoms with van der Waals surface area (Å²) in [7, 11) is 1.36. The van der Waals surface area contributed by atoms with Crippen molar-refractivity contribution in [1.29, 1.82) is 0 Å². The van der Waals surface area contributed by atoms with Gasteiger partial charge in [0.05, 0.1) is 42.1 Å². The number of anilines is 3. The van der Waals surface area contributed by atoms with E-state index in [0.29, 0.717) is 10.8 Å². The van der Waals surface area contributed by atoms with Crippen LogP contribution in [0.4, 0.5) is 25.9 Å². The number of carbonyl (C=O) groups is 1. The molecule has 5 N–H and O–H groups in total. The molecule has 180 valence electrons. The van der Waals surface area contributed by atoms with E-state index < -0.39 is 11.7 Å². The third-order valence-electron chi connectivity index (χ3n) is 5.36. The van der Waals surface area contributed by atoms with Crippen LogP contribution in [-0.2, 0) is 0 Å². The number of pyridine rings is 2. The molecule has 0 aliphatic carbocycles. The van der Waals surface area contributed by atoms with E-state index in [2.05, 4.69) is 15.3 Å². The van der Waals surface area contributed by atoms with E-state index in [1.807, 2.05) is 13.8 Å². The Kier molecular flexibility index (Phi) is 7.95. The van der Waals surface area contributed by atoms with Gasteiger partial charge in [0.1, 0.15) is 5.69 Å². The van der Waals surface area contributed by atoms with Gasteiger partial charge in [0.25, 0.3) is 0 Å². The van der Waals surface area contributed by atoms with Crippen LogP contribution in [0.3, 0.4) is 0 Å². The molecule has 1 aromatic carbocycles. The summed E-state index contributed by atoms with van der Waals surface area (Å²) in [5.74, 6) is -1.32. The van der Waals surface area contributed by atoms with Crippen molar-refractivity contribution < 1.29 is 18.4 Å². The van der Waals surface area contributed by atoms with Crippen LogP contribution in [0.15, 0.2) is 48.9 Å². The molecule has 0 saturated heterocycles. The summed E-state index contributed by atoms with van der Waals surface area (Å²) < 4.78 is 35.7. The first-order chi connectivity index (χ1) is 16.3. The fourth-order valence-corrected chi connectivity index (χ4v) is 3.52. The van der Waals surface area contributed by atoms with Gasteiger partial charge in [0.2, 0.25) is 5.91 Å². The number of nitrogens with one attached hydrogen (secondary N) is 1. The number of rotatable bonds is 10. The largest absolute Gasteiger partial charge is 0.494 e. The minimum Gasteiger partial charge on any atom is -0.494 e. The van der Waals surface area contributed by atoms with Crippen molar-refractivity contribution in [1.82, 2.24) is 9.97 Å². The average Bonchev–Trinajstić information content (AvgIpc) is 2.83. The molecule has 0 aliphatic heterocycles. The van der Waals surface area contributed by atoms with Gasteiger partial charge in [-0.1, -0.05) is 23.9 Å². The van der Waals surface area contributed by atoms with E-state index in [9.17, 15) is 9.18 Å². The maximum atomic E-state index is 15.8. The molecule has 3 rings (SSSR count). The van der Waals surface area contributed by atoms with E-state index in [4.69, 9.17) is 16.2 Å². The summed E-state index contributed by atoms with van der Waals surface area (Å²) in [5.41, 5.74) is 12.2. The van der Waals surface area contributed by atoms with Crippen molar-refractivity contribution in [3.05, 3.63) is 60.3 Å². The third-order valence-corrected chi connectivity index (χ3v) is 5.36. The number of halogens is 2. The molecule has 0 aliphatic rings. The molecule has 0 radical (unpaired) electrons. The lowest BCUT2D eigenvalue weighted by Crippen LogP contribution is -2.38. The second-order valence-electron chi connectivity index (χ2n) is 7.88. The Morgan fingerprint density at radius 3 is 2.68 bits per heavy atom. The van der Waals surface area contributed by atoms with Crippen LogP contribution >= 0.6 is 0 Å². The zero-order valence-electron chi connectivity index (χ0n) is 19.3. The lowest BCUT2D eigenvalue weighted by atomic mass is 10.0. The standard InChI is InChI=1S/C24H28F2N6O2/c1-4-6-18(14(2)27)31-20-13-30-19(17-7-5-8-22(34-3)23(17)25)10-21(20)32(26)16-9-15(24(28)33)11-29-12-16/h5,7-14,18,31H,4,6,27H2,1-3H3,(H2,28,33)/t14-,18+/m0/s1. The summed E-state index contributed by atoms with van der Waals surface area (Å²) >= 11 is 0. The molecule has 10 heteroatoms. The van der Waals surface area contributed by atoms with E-state index in [0.717, 1.165) is 12.8 Å². The highest BCUT2D eigenvalue weighted by molar-refractivity contribution is 5.93. The van der Waals surface area contributed by atoms with Crippen LogP contribution < -0.4 is 26.6 Å². The smallest absolute Gasteiger partial charge is 0.250 e. The first kappa shape index (κ1) is 24.8. The molecule has 34 heavy (non-hydrogen) atoms. The van der Waals surface area contributed by atoms with Crippen molar-refractivity contribution in [2.75, 3.05) is 17.5 Å². The highest BCUT2D eigenvalue weighted by Crippen LogP contribution is 2.37. The van der Waals surface area contributed by atoms with Crippen LogP contribution in [0.5, 0.6) is 5.75 Å². The molecule has 2 heterocycles. The Morgan fingerprint density at radius 2 is 2.03 bits per heavy atom. The van der Waals surface area contributed by atoms with Gasteiger partial charge in [0, 0.05) is 23.8 Å². The number of ether oxygens (including phenoxy) is 1. The van der Waals surface area contributed by atoms with Crippen molar-refractivity contribution in [3.8, 4) is 17.0 Å². The minimum absolute atomic E-state index is 0.0320. The molecule has 8 nitrogen and oxygen atoms in total. The quantitative estimate of drug-likeness (QED) is 0.377. The van der Waals surface area contributed by atoms with Gasteiger partial charge < -0.3 is 21.5 Å². The van der Waals surface area contributed by atoms with Crippen molar-refractivity contribution in [2.24, 2.45) is 11.5 Å². The minimum atomic E-state index is -0.741. The number of hydrogen-bond donors (Lipinski definition) is 3. The fourth-order valence-electron chi connectivity index (χ4n) is 3.52. The van der Waals surface area contributed by atoms with Crippen molar-refractivity contribution in [2.45, 2.75) is 38.8 Å². The predicted molar refractivity (Wildman–Crippen MR) is 128 cm³/mol. The number of methoxy groups -OCH3 is 1. The van der Waals surface area contributed by atoms with E-state index in [-0.39, 0.29) is 46.0 Å². The molecule has 1 amide bonds. The summed E-state index contributed by atoms with van der Waals surface area (Å²) in [6.07, 6.45) is 5.52. The molecular weight excluding hydrogens is 442 g/mol.